The first-order valence-corrected chi connectivity index (χ1v) is 8.72. The summed E-state index contributed by atoms with van der Waals surface area (Å²) < 4.78 is 28.5. The molecule has 26 heavy (non-hydrogen) atoms. The van der Waals surface area contributed by atoms with E-state index < -0.39 is 12.6 Å². The van der Waals surface area contributed by atoms with E-state index in [-0.39, 0.29) is 30.3 Å². The van der Waals surface area contributed by atoms with Gasteiger partial charge in [-0.05, 0) is 55.9 Å². The van der Waals surface area contributed by atoms with Gasteiger partial charge in [-0.15, -0.1) is 0 Å². The number of carboxylic acids is 1. The molecule has 0 radical (unpaired) electrons. The van der Waals surface area contributed by atoms with Crippen molar-refractivity contribution in [2.24, 2.45) is 5.92 Å². The molecule has 0 saturated heterocycles. The molecule has 1 aromatic carbocycles. The van der Waals surface area contributed by atoms with E-state index in [1.165, 1.54) is 24.3 Å². The van der Waals surface area contributed by atoms with Gasteiger partial charge >= 0.3 is 12.6 Å². The van der Waals surface area contributed by atoms with Crippen LogP contribution in [-0.4, -0.2) is 53.7 Å². The van der Waals surface area contributed by atoms with Crippen LogP contribution in [0.4, 0.5) is 8.78 Å². The minimum atomic E-state index is -2.90. The maximum absolute atomic E-state index is 12.2. The molecule has 3 rings (SSSR count). The van der Waals surface area contributed by atoms with Crippen LogP contribution < -0.4 is 10.1 Å². The van der Waals surface area contributed by atoms with Crippen molar-refractivity contribution in [2.45, 2.75) is 44.4 Å². The highest BCUT2D eigenvalue weighted by Crippen LogP contribution is 2.33. The molecule has 1 amide bonds. The number of hydrogen-bond acceptors (Lipinski definition) is 4. The van der Waals surface area contributed by atoms with Crippen molar-refractivity contribution in [3.05, 3.63) is 29.8 Å². The zero-order valence-electron chi connectivity index (χ0n) is 14.2. The topological polar surface area (TPSA) is 78.9 Å². The number of carbonyl (C=O) groups is 2. The average molecular weight is 368 g/mol. The molecule has 0 unspecified atom stereocenters. The van der Waals surface area contributed by atoms with Crippen molar-refractivity contribution in [3.63, 3.8) is 0 Å². The molecule has 2 aliphatic carbocycles. The van der Waals surface area contributed by atoms with E-state index in [9.17, 15) is 18.4 Å². The largest absolute Gasteiger partial charge is 0.480 e. The zero-order chi connectivity index (χ0) is 18.7. The Balaban J connectivity index is 1.46. The minimum absolute atomic E-state index is 0.0000106. The Labute approximate surface area is 150 Å². The Bertz CT molecular complexity index is 643. The van der Waals surface area contributed by atoms with Crippen molar-refractivity contribution in [1.29, 1.82) is 0 Å². The summed E-state index contributed by atoms with van der Waals surface area (Å²) in [6.45, 7) is -2.05. The number of carboxylic acid groups (broad SMARTS) is 1. The number of hydrogen-bond donors (Lipinski definition) is 2. The Morgan fingerprint density at radius 3 is 2.42 bits per heavy atom. The monoisotopic (exact) mass is 368 g/mol. The smallest absolute Gasteiger partial charge is 0.387 e. The molecule has 0 aromatic heterocycles. The maximum atomic E-state index is 12.2. The molecule has 6 nitrogen and oxygen atoms in total. The zero-order valence-corrected chi connectivity index (χ0v) is 14.2. The second-order valence-electron chi connectivity index (χ2n) is 6.97. The summed E-state index contributed by atoms with van der Waals surface area (Å²) in [5, 5.41) is 12.0. The number of halogens is 2. The lowest BCUT2D eigenvalue weighted by molar-refractivity contribution is -0.139. The molecule has 0 aliphatic heterocycles. The summed E-state index contributed by atoms with van der Waals surface area (Å²) in [4.78, 5) is 25.2. The van der Waals surface area contributed by atoms with Gasteiger partial charge in [0.25, 0.3) is 5.91 Å². The predicted octanol–water partition coefficient (Wildman–Crippen LogP) is 2.35. The number of ether oxygens (including phenoxy) is 1. The first-order valence-electron chi connectivity index (χ1n) is 8.72. The lowest BCUT2D eigenvalue weighted by Gasteiger charge is -2.42. The third-order valence-electron chi connectivity index (χ3n) is 4.83. The first kappa shape index (κ1) is 18.6. The van der Waals surface area contributed by atoms with Gasteiger partial charge in [-0.2, -0.15) is 8.78 Å². The van der Waals surface area contributed by atoms with Gasteiger partial charge in [-0.3, -0.25) is 14.5 Å². The van der Waals surface area contributed by atoms with Crippen molar-refractivity contribution in [1.82, 2.24) is 10.2 Å². The van der Waals surface area contributed by atoms with Crippen molar-refractivity contribution in [2.75, 3.05) is 13.1 Å². The molecule has 8 heteroatoms. The summed E-state index contributed by atoms with van der Waals surface area (Å²) in [5.41, 5.74) is 0.371. The molecule has 2 N–H and O–H groups in total. The second-order valence-corrected chi connectivity index (χ2v) is 6.97. The van der Waals surface area contributed by atoms with Crippen molar-refractivity contribution in [3.8, 4) is 5.75 Å². The van der Waals surface area contributed by atoms with Gasteiger partial charge in [-0.25, -0.2) is 0 Å². The number of benzene rings is 1. The predicted molar refractivity (Wildman–Crippen MR) is 89.3 cm³/mol. The Kier molecular flexibility index (Phi) is 5.70. The summed E-state index contributed by atoms with van der Waals surface area (Å²) in [6.07, 6.45) is 3.76. The van der Waals surface area contributed by atoms with Crippen molar-refractivity contribution >= 4 is 11.9 Å². The van der Waals surface area contributed by atoms with Gasteiger partial charge in [0.05, 0.1) is 6.54 Å². The second kappa shape index (κ2) is 7.99. The number of nitrogens with zero attached hydrogens (tertiary/aromatic N) is 1. The standard InChI is InChI=1S/C18H22F2N2O4/c19-18(20)26-15-5-3-12(4-6-15)17(25)21-13-7-14(8-13)22(10-16(23)24)9-11-1-2-11/h3-6,11,13-14,18H,1-2,7-10H2,(H,21,25)(H,23,24). The van der Waals surface area contributed by atoms with Crippen LogP contribution in [0.1, 0.15) is 36.0 Å². The summed E-state index contributed by atoms with van der Waals surface area (Å²) in [6, 6.07) is 5.71. The number of alkyl halides is 2. The molecule has 142 valence electrons. The van der Waals surface area contributed by atoms with Gasteiger partial charge in [0.1, 0.15) is 5.75 Å². The third-order valence-corrected chi connectivity index (χ3v) is 4.83. The van der Waals surface area contributed by atoms with E-state index in [1.54, 1.807) is 0 Å². The van der Waals surface area contributed by atoms with Gasteiger partial charge in [0, 0.05) is 24.2 Å². The van der Waals surface area contributed by atoms with E-state index in [4.69, 9.17) is 5.11 Å². The van der Waals surface area contributed by atoms with E-state index in [1.807, 2.05) is 4.90 Å². The van der Waals surface area contributed by atoms with Crippen molar-refractivity contribution < 1.29 is 28.2 Å². The summed E-state index contributed by atoms with van der Waals surface area (Å²) >= 11 is 0. The highest BCUT2D eigenvalue weighted by Gasteiger charge is 2.37. The molecule has 0 atom stereocenters. The molecule has 1 aromatic rings. The fourth-order valence-electron chi connectivity index (χ4n) is 3.21. The molecule has 2 fully saturated rings. The van der Waals surface area contributed by atoms with E-state index in [2.05, 4.69) is 10.1 Å². The van der Waals surface area contributed by atoms with Crippen LogP contribution in [0.2, 0.25) is 0 Å². The molecular formula is C18H22F2N2O4. The van der Waals surface area contributed by atoms with E-state index >= 15 is 0 Å². The number of aliphatic carboxylic acids is 1. The first-order chi connectivity index (χ1) is 12.4. The normalized spacial score (nSPS) is 22.2. The average Bonchev–Trinajstić information content (AvgIpc) is 3.33. The fraction of sp³-hybridized carbons (Fsp3) is 0.556. The van der Waals surface area contributed by atoms with Crippen LogP contribution in [-0.2, 0) is 4.79 Å². The minimum Gasteiger partial charge on any atom is -0.480 e. The van der Waals surface area contributed by atoms with Crippen LogP contribution in [0.5, 0.6) is 5.75 Å². The van der Waals surface area contributed by atoms with Crippen LogP contribution in [0, 0.1) is 5.92 Å². The maximum Gasteiger partial charge on any atom is 0.387 e. The van der Waals surface area contributed by atoms with Gasteiger partial charge < -0.3 is 15.2 Å². The van der Waals surface area contributed by atoms with Gasteiger partial charge in [0.15, 0.2) is 0 Å². The highest BCUT2D eigenvalue weighted by molar-refractivity contribution is 5.94. The van der Waals surface area contributed by atoms with E-state index in [0.717, 1.165) is 32.2 Å². The Morgan fingerprint density at radius 1 is 1.23 bits per heavy atom. The number of rotatable bonds is 9. The quantitative estimate of drug-likeness (QED) is 0.700. The lowest BCUT2D eigenvalue weighted by Crippen LogP contribution is -2.55. The molecule has 0 bridgehead atoms. The van der Waals surface area contributed by atoms with Crippen LogP contribution in [0.15, 0.2) is 24.3 Å². The van der Waals surface area contributed by atoms with Gasteiger partial charge in [0.2, 0.25) is 0 Å². The van der Waals surface area contributed by atoms with E-state index in [0.29, 0.717) is 11.5 Å². The third kappa shape index (κ3) is 5.14. The van der Waals surface area contributed by atoms with Crippen LogP contribution in [0.25, 0.3) is 0 Å². The number of carbonyl (C=O) groups excluding carboxylic acids is 1. The fourth-order valence-corrected chi connectivity index (χ4v) is 3.21. The SMILES string of the molecule is O=C(O)CN(CC1CC1)C1CC(NC(=O)c2ccc(OC(F)F)cc2)C1. The Hall–Kier alpha value is -2.22. The number of amides is 1. The molecule has 2 aliphatic rings. The highest BCUT2D eigenvalue weighted by atomic mass is 19.3. The summed E-state index contributed by atoms with van der Waals surface area (Å²) in [7, 11) is 0. The van der Waals surface area contributed by atoms with Gasteiger partial charge in [-0.1, -0.05) is 0 Å². The molecule has 0 spiro atoms. The Morgan fingerprint density at radius 2 is 1.88 bits per heavy atom. The van der Waals surface area contributed by atoms with Crippen LogP contribution in [0.3, 0.4) is 0 Å². The molecule has 2 saturated carbocycles. The summed E-state index contributed by atoms with van der Waals surface area (Å²) in [5.74, 6) is -0.491. The number of nitrogens with one attached hydrogen (secondary N) is 1. The molecule has 0 heterocycles. The lowest BCUT2D eigenvalue weighted by atomic mass is 9.85. The molecular weight excluding hydrogens is 346 g/mol. The van der Waals surface area contributed by atoms with Crippen LogP contribution >= 0.6 is 0 Å².